The number of carbonyl (C=O) groups is 1. The molecule has 0 spiro atoms. The van der Waals surface area contributed by atoms with Crippen molar-refractivity contribution in [1.29, 1.82) is 0 Å². The molecule has 2 aromatic carbocycles. The summed E-state index contributed by atoms with van der Waals surface area (Å²) < 4.78 is 39.1. The number of furan rings is 1. The lowest BCUT2D eigenvalue weighted by Gasteiger charge is -2.25. The van der Waals surface area contributed by atoms with Gasteiger partial charge in [0.2, 0.25) is 5.91 Å². The van der Waals surface area contributed by atoms with E-state index in [4.69, 9.17) is 9.15 Å². The van der Waals surface area contributed by atoms with Gasteiger partial charge in [-0.2, -0.15) is 0 Å². The first-order valence-corrected chi connectivity index (χ1v) is 12.2. The first-order chi connectivity index (χ1) is 15.4. The highest BCUT2D eigenvalue weighted by molar-refractivity contribution is 7.94. The van der Waals surface area contributed by atoms with Crippen LogP contribution in [0.15, 0.2) is 80.7 Å². The monoisotopic (exact) mass is 470 g/mol. The van der Waals surface area contributed by atoms with Gasteiger partial charge in [0.15, 0.2) is 0 Å². The van der Waals surface area contributed by atoms with Gasteiger partial charge in [-0.15, -0.1) is 11.3 Å². The molecular weight excluding hydrogens is 448 g/mol. The topological polar surface area (TPSA) is 88.8 Å². The molecule has 1 N–H and O–H groups in total. The Morgan fingerprint density at radius 3 is 2.59 bits per heavy atom. The van der Waals surface area contributed by atoms with Gasteiger partial charge < -0.3 is 14.5 Å². The van der Waals surface area contributed by atoms with Gasteiger partial charge in [-0.1, -0.05) is 36.4 Å². The highest BCUT2D eigenvalue weighted by Gasteiger charge is 2.30. The molecule has 32 heavy (non-hydrogen) atoms. The van der Waals surface area contributed by atoms with Crippen LogP contribution in [0.1, 0.15) is 18.7 Å². The molecule has 2 aromatic heterocycles. The number of ether oxygens (including phenoxy) is 1. The van der Waals surface area contributed by atoms with Gasteiger partial charge in [0.1, 0.15) is 27.8 Å². The van der Waals surface area contributed by atoms with Crippen LogP contribution in [0.5, 0.6) is 5.75 Å². The van der Waals surface area contributed by atoms with Crippen molar-refractivity contribution in [2.75, 3.05) is 18.0 Å². The molecule has 0 fully saturated rings. The molecular formula is C23H22N2O5S2. The van der Waals surface area contributed by atoms with E-state index in [-0.39, 0.29) is 9.90 Å². The maximum Gasteiger partial charge on any atom is 0.274 e. The van der Waals surface area contributed by atoms with Crippen molar-refractivity contribution in [3.05, 3.63) is 77.9 Å². The minimum absolute atomic E-state index is 0.140. The molecule has 0 radical (unpaired) electrons. The van der Waals surface area contributed by atoms with Gasteiger partial charge >= 0.3 is 0 Å². The Hall–Kier alpha value is -3.30. The number of anilines is 1. The Balaban J connectivity index is 1.61. The van der Waals surface area contributed by atoms with Crippen LogP contribution in [0.2, 0.25) is 0 Å². The molecule has 0 saturated carbocycles. The van der Waals surface area contributed by atoms with Gasteiger partial charge in [0.05, 0.1) is 18.8 Å². The maximum absolute atomic E-state index is 13.4. The van der Waals surface area contributed by atoms with E-state index in [2.05, 4.69) is 5.32 Å². The second kappa shape index (κ2) is 9.05. The predicted octanol–water partition coefficient (Wildman–Crippen LogP) is 4.58. The van der Waals surface area contributed by atoms with Gasteiger partial charge in [-0.25, -0.2) is 8.42 Å². The van der Waals surface area contributed by atoms with Crippen LogP contribution in [-0.2, 0) is 14.8 Å². The summed E-state index contributed by atoms with van der Waals surface area (Å²) in [5.41, 5.74) is 1.01. The second-order valence-electron chi connectivity index (χ2n) is 7.09. The summed E-state index contributed by atoms with van der Waals surface area (Å²) in [4.78, 5) is 12.9. The van der Waals surface area contributed by atoms with E-state index in [1.807, 2.05) is 30.3 Å². The average molecular weight is 471 g/mol. The highest BCUT2D eigenvalue weighted by atomic mass is 32.2. The number of hydrogen-bond donors (Lipinski definition) is 1. The first kappa shape index (κ1) is 21.9. The van der Waals surface area contributed by atoms with Crippen molar-refractivity contribution < 1.29 is 22.4 Å². The van der Waals surface area contributed by atoms with Crippen LogP contribution in [0.4, 0.5) is 5.69 Å². The number of nitrogens with zero attached hydrogens (tertiary/aromatic N) is 1. The molecule has 4 rings (SSSR count). The first-order valence-electron chi connectivity index (χ1n) is 9.87. The Labute approximate surface area is 190 Å². The summed E-state index contributed by atoms with van der Waals surface area (Å²) in [5, 5.41) is 5.44. The van der Waals surface area contributed by atoms with E-state index in [0.717, 1.165) is 26.6 Å². The van der Waals surface area contributed by atoms with E-state index in [0.29, 0.717) is 11.5 Å². The number of methoxy groups -OCH3 is 1. The number of fused-ring (bicyclic) bond motifs is 1. The third-order valence-corrected chi connectivity index (χ3v) is 8.06. The molecule has 0 aliphatic carbocycles. The quantitative estimate of drug-likeness (QED) is 0.407. The van der Waals surface area contributed by atoms with E-state index < -0.39 is 28.5 Å². The fraction of sp³-hybridized carbons (Fsp3) is 0.174. The molecule has 1 unspecified atom stereocenters. The van der Waals surface area contributed by atoms with Crippen molar-refractivity contribution in [3.63, 3.8) is 0 Å². The van der Waals surface area contributed by atoms with Gasteiger partial charge in [0.25, 0.3) is 10.0 Å². The van der Waals surface area contributed by atoms with E-state index >= 15 is 0 Å². The van der Waals surface area contributed by atoms with Crippen LogP contribution in [0, 0.1) is 0 Å². The number of para-hydroxylation sites is 3. The molecule has 0 saturated heterocycles. The van der Waals surface area contributed by atoms with E-state index in [9.17, 15) is 13.2 Å². The molecule has 0 aliphatic rings. The van der Waals surface area contributed by atoms with Crippen LogP contribution < -0.4 is 14.4 Å². The molecule has 1 amide bonds. The van der Waals surface area contributed by atoms with Crippen molar-refractivity contribution >= 4 is 43.9 Å². The number of hydrogen-bond acceptors (Lipinski definition) is 6. The largest absolute Gasteiger partial charge is 0.495 e. The van der Waals surface area contributed by atoms with E-state index in [1.165, 1.54) is 13.2 Å². The number of nitrogens with one attached hydrogen (secondary N) is 1. The van der Waals surface area contributed by atoms with Crippen molar-refractivity contribution in [1.82, 2.24) is 5.32 Å². The summed E-state index contributed by atoms with van der Waals surface area (Å²) in [5.74, 6) is 0.472. The Bertz CT molecular complexity index is 1300. The Morgan fingerprint density at radius 1 is 1.12 bits per heavy atom. The summed E-state index contributed by atoms with van der Waals surface area (Å²) in [7, 11) is -2.51. The fourth-order valence-electron chi connectivity index (χ4n) is 3.36. The zero-order valence-electron chi connectivity index (χ0n) is 17.5. The zero-order chi connectivity index (χ0) is 22.7. The molecule has 1 atom stereocenters. The van der Waals surface area contributed by atoms with Crippen molar-refractivity contribution in [2.24, 2.45) is 0 Å². The fourth-order valence-corrected chi connectivity index (χ4v) is 5.89. The Morgan fingerprint density at radius 2 is 1.88 bits per heavy atom. The van der Waals surface area contributed by atoms with Gasteiger partial charge in [-0.05, 0) is 42.6 Å². The third kappa shape index (κ3) is 4.35. The third-order valence-electron chi connectivity index (χ3n) is 4.93. The average Bonchev–Trinajstić information content (AvgIpc) is 3.48. The number of sulfonamides is 1. The molecule has 9 heteroatoms. The number of amides is 1. The molecule has 7 nitrogen and oxygen atoms in total. The molecule has 0 bridgehead atoms. The van der Waals surface area contributed by atoms with Crippen LogP contribution in [0.3, 0.4) is 0 Å². The van der Waals surface area contributed by atoms with Gasteiger partial charge in [0, 0.05) is 5.39 Å². The zero-order valence-corrected chi connectivity index (χ0v) is 19.2. The second-order valence-corrected chi connectivity index (χ2v) is 10.1. The molecule has 4 aromatic rings. The van der Waals surface area contributed by atoms with Crippen LogP contribution in [-0.4, -0.2) is 28.0 Å². The molecule has 0 aliphatic heterocycles. The standard InChI is InChI=1S/C23H22N2O5S2/c1-16(21-14-17-8-3-5-10-19(17)30-21)24-22(26)15-25(18-9-4-6-11-20(18)29-2)32(27,28)23-12-7-13-31-23/h3-14,16H,15H2,1-2H3,(H,24,26). The Kier molecular flexibility index (Phi) is 6.20. The summed E-state index contributed by atoms with van der Waals surface area (Å²) in [6.07, 6.45) is 0. The van der Waals surface area contributed by atoms with Gasteiger partial charge in [-0.3, -0.25) is 9.10 Å². The van der Waals surface area contributed by atoms with E-state index in [1.54, 1.807) is 42.6 Å². The number of thiophene rings is 1. The van der Waals surface area contributed by atoms with Crippen molar-refractivity contribution in [2.45, 2.75) is 17.2 Å². The maximum atomic E-state index is 13.4. The lowest BCUT2D eigenvalue weighted by atomic mass is 10.2. The molecule has 2 heterocycles. The summed E-state index contributed by atoms with van der Waals surface area (Å²) in [6.45, 7) is 1.38. The minimum Gasteiger partial charge on any atom is -0.495 e. The summed E-state index contributed by atoms with van der Waals surface area (Å²) >= 11 is 1.09. The van der Waals surface area contributed by atoms with Crippen molar-refractivity contribution in [3.8, 4) is 5.75 Å². The summed E-state index contributed by atoms with van der Waals surface area (Å²) in [6, 6.07) is 18.8. The van der Waals surface area contributed by atoms with Crippen LogP contribution >= 0.6 is 11.3 Å². The number of rotatable bonds is 8. The highest BCUT2D eigenvalue weighted by Crippen LogP contribution is 2.33. The smallest absolute Gasteiger partial charge is 0.274 e. The lowest BCUT2D eigenvalue weighted by Crippen LogP contribution is -2.41. The van der Waals surface area contributed by atoms with Crippen LogP contribution in [0.25, 0.3) is 11.0 Å². The SMILES string of the molecule is COc1ccccc1N(CC(=O)NC(C)c1cc2ccccc2o1)S(=O)(=O)c1cccs1. The minimum atomic E-state index is -3.97. The lowest BCUT2D eigenvalue weighted by molar-refractivity contribution is -0.120. The molecule has 166 valence electrons. The predicted molar refractivity (Wildman–Crippen MR) is 125 cm³/mol. The number of carbonyl (C=O) groups excluding carboxylic acids is 1. The number of benzene rings is 2. The normalized spacial score (nSPS) is 12.4.